The summed E-state index contributed by atoms with van der Waals surface area (Å²) in [6.07, 6.45) is -0.597. The number of rotatable bonds is 4. The number of aromatic nitrogens is 1. The van der Waals surface area contributed by atoms with Gasteiger partial charge in [0.05, 0.1) is 11.9 Å². The van der Waals surface area contributed by atoms with Crippen LogP contribution < -0.4 is 10.9 Å². The van der Waals surface area contributed by atoms with Crippen molar-refractivity contribution in [1.29, 1.82) is 0 Å². The van der Waals surface area contributed by atoms with Crippen molar-refractivity contribution >= 4 is 27.7 Å². The molecule has 0 saturated heterocycles. The molecule has 0 unspecified atom stereocenters. The predicted octanol–water partition coefficient (Wildman–Crippen LogP) is 2.98. The molecule has 0 fully saturated rings. The zero-order valence-electron chi connectivity index (χ0n) is 12.4. The third-order valence-corrected chi connectivity index (χ3v) is 4.16. The topological polar surface area (TPSA) is 81.4 Å². The van der Waals surface area contributed by atoms with Gasteiger partial charge in [-0.2, -0.15) is 4.98 Å². The molecular formula is C16H14N2O4S. The molecule has 2 aromatic heterocycles. The van der Waals surface area contributed by atoms with Crippen molar-refractivity contribution < 1.29 is 13.9 Å². The Morgan fingerprint density at radius 1 is 1.35 bits per heavy atom. The largest absolute Gasteiger partial charge is 0.445 e. The maximum Gasteiger partial charge on any atom is 0.407 e. The fourth-order valence-corrected chi connectivity index (χ4v) is 2.96. The molecule has 0 aliphatic rings. The number of alkyl carbamates (subject to hydrolysis) is 1. The van der Waals surface area contributed by atoms with E-state index in [1.54, 1.807) is 0 Å². The molecule has 0 spiro atoms. The molecule has 118 valence electrons. The molecule has 0 aliphatic carbocycles. The van der Waals surface area contributed by atoms with Gasteiger partial charge in [-0.1, -0.05) is 30.3 Å². The molecule has 7 heteroatoms. The van der Waals surface area contributed by atoms with E-state index in [1.807, 2.05) is 42.6 Å². The highest BCUT2D eigenvalue weighted by molar-refractivity contribution is 7.16. The molecule has 1 amide bonds. The highest BCUT2D eigenvalue weighted by atomic mass is 32.1. The van der Waals surface area contributed by atoms with Crippen molar-refractivity contribution in [3.63, 3.8) is 0 Å². The Morgan fingerprint density at radius 3 is 2.91 bits per heavy atom. The lowest BCUT2D eigenvalue weighted by Crippen LogP contribution is -2.25. The first-order chi connectivity index (χ1) is 11.1. The Labute approximate surface area is 135 Å². The second-order valence-corrected chi connectivity index (χ2v) is 5.75. The van der Waals surface area contributed by atoms with E-state index >= 15 is 0 Å². The lowest BCUT2D eigenvalue weighted by Gasteiger charge is -2.06. The van der Waals surface area contributed by atoms with E-state index in [2.05, 4.69) is 10.3 Å². The van der Waals surface area contributed by atoms with E-state index in [0.717, 1.165) is 11.1 Å². The van der Waals surface area contributed by atoms with Crippen molar-refractivity contribution in [3.8, 4) is 0 Å². The van der Waals surface area contributed by atoms with Crippen LogP contribution in [0.15, 0.2) is 44.9 Å². The maximum absolute atomic E-state index is 11.9. The highest BCUT2D eigenvalue weighted by Crippen LogP contribution is 2.22. The standard InChI is InChI=1S/C16H14N2O4S/c1-10-9-23-15-13(10)14(19)18-12(22-15)7-17-16(20)21-8-11-5-3-2-4-6-11/h2-6,9H,7-8H2,1H3,(H,17,20). The average Bonchev–Trinajstić information content (AvgIpc) is 2.93. The van der Waals surface area contributed by atoms with Crippen molar-refractivity contribution in [3.05, 3.63) is 63.1 Å². The van der Waals surface area contributed by atoms with E-state index in [4.69, 9.17) is 9.15 Å². The molecule has 6 nitrogen and oxygen atoms in total. The number of nitrogens with one attached hydrogen (secondary N) is 1. The Morgan fingerprint density at radius 2 is 2.13 bits per heavy atom. The third kappa shape index (κ3) is 3.57. The number of benzene rings is 1. The molecule has 0 bridgehead atoms. The first kappa shape index (κ1) is 15.2. The van der Waals surface area contributed by atoms with Gasteiger partial charge in [0, 0.05) is 0 Å². The van der Waals surface area contributed by atoms with Crippen LogP contribution in [0.1, 0.15) is 17.0 Å². The normalized spacial score (nSPS) is 10.7. The first-order valence-electron chi connectivity index (χ1n) is 6.96. The number of thiophene rings is 1. The summed E-state index contributed by atoms with van der Waals surface area (Å²) in [5.41, 5.74) is 1.38. The summed E-state index contributed by atoms with van der Waals surface area (Å²) in [5.74, 6) is 0.154. The summed E-state index contributed by atoms with van der Waals surface area (Å²) < 4.78 is 10.6. The molecule has 2 heterocycles. The number of carbonyl (C=O) groups is 1. The minimum Gasteiger partial charge on any atom is -0.445 e. The van der Waals surface area contributed by atoms with Gasteiger partial charge in [0.25, 0.3) is 5.56 Å². The van der Waals surface area contributed by atoms with Gasteiger partial charge in [-0.3, -0.25) is 4.79 Å². The Bertz CT molecular complexity index is 886. The van der Waals surface area contributed by atoms with Crippen LogP contribution in [0.5, 0.6) is 0 Å². The van der Waals surface area contributed by atoms with E-state index in [-0.39, 0.29) is 24.6 Å². The van der Waals surface area contributed by atoms with Crippen LogP contribution in [-0.2, 0) is 17.9 Å². The first-order valence-corrected chi connectivity index (χ1v) is 7.84. The molecule has 1 aromatic carbocycles. The van der Waals surface area contributed by atoms with E-state index in [0.29, 0.717) is 10.3 Å². The van der Waals surface area contributed by atoms with Crippen molar-refractivity contribution in [1.82, 2.24) is 10.3 Å². The zero-order chi connectivity index (χ0) is 16.2. The third-order valence-electron chi connectivity index (χ3n) is 3.19. The fraction of sp³-hybridized carbons (Fsp3) is 0.188. The summed E-state index contributed by atoms with van der Waals surface area (Å²) in [6, 6.07) is 9.35. The predicted molar refractivity (Wildman–Crippen MR) is 86.4 cm³/mol. The van der Waals surface area contributed by atoms with Gasteiger partial charge in [0.1, 0.15) is 6.61 Å². The number of hydrogen-bond acceptors (Lipinski definition) is 6. The van der Waals surface area contributed by atoms with Crippen LogP contribution >= 0.6 is 11.3 Å². The van der Waals surface area contributed by atoms with Gasteiger partial charge in [0.15, 0.2) is 4.90 Å². The number of amides is 1. The lowest BCUT2D eigenvalue weighted by molar-refractivity contribution is 0.138. The highest BCUT2D eigenvalue weighted by Gasteiger charge is 2.11. The van der Waals surface area contributed by atoms with E-state index < -0.39 is 6.09 Å². The van der Waals surface area contributed by atoms with Gasteiger partial charge >= 0.3 is 6.09 Å². The van der Waals surface area contributed by atoms with E-state index in [9.17, 15) is 9.59 Å². The quantitative estimate of drug-likeness (QED) is 0.795. The summed E-state index contributed by atoms with van der Waals surface area (Å²) in [4.78, 5) is 27.9. The second kappa shape index (κ2) is 6.62. The van der Waals surface area contributed by atoms with Gasteiger partial charge in [-0.25, -0.2) is 4.79 Å². The van der Waals surface area contributed by atoms with Crippen LogP contribution in [-0.4, -0.2) is 11.1 Å². The number of ether oxygens (including phenoxy) is 1. The van der Waals surface area contributed by atoms with Crippen LogP contribution in [0, 0.1) is 6.92 Å². The number of nitrogens with zero attached hydrogens (tertiary/aromatic N) is 1. The molecule has 0 atom stereocenters. The summed E-state index contributed by atoms with van der Waals surface area (Å²) >= 11 is 1.33. The van der Waals surface area contributed by atoms with E-state index in [1.165, 1.54) is 11.3 Å². The van der Waals surface area contributed by atoms with Gasteiger partial charge < -0.3 is 14.5 Å². The molecule has 0 radical (unpaired) electrons. The van der Waals surface area contributed by atoms with Crippen LogP contribution in [0.2, 0.25) is 0 Å². The lowest BCUT2D eigenvalue weighted by atomic mass is 10.2. The summed E-state index contributed by atoms with van der Waals surface area (Å²) in [7, 11) is 0. The summed E-state index contributed by atoms with van der Waals surface area (Å²) in [5, 5.41) is 4.84. The smallest absolute Gasteiger partial charge is 0.407 e. The maximum atomic E-state index is 11.9. The Hall–Kier alpha value is -2.67. The number of aryl methyl sites for hydroxylation is 1. The van der Waals surface area contributed by atoms with Crippen molar-refractivity contribution in [2.75, 3.05) is 0 Å². The van der Waals surface area contributed by atoms with Gasteiger partial charge in [-0.05, 0) is 23.4 Å². The molecule has 1 N–H and O–H groups in total. The molecule has 3 aromatic rings. The van der Waals surface area contributed by atoms with Crippen LogP contribution in [0.25, 0.3) is 10.3 Å². The minimum absolute atomic E-state index is 0.00422. The fourth-order valence-electron chi connectivity index (χ4n) is 2.05. The SMILES string of the molecule is Cc1csc2oc(CNC(=O)OCc3ccccc3)nc(=O)c12. The van der Waals surface area contributed by atoms with Gasteiger partial charge in [0.2, 0.25) is 5.89 Å². The Kier molecular flexibility index (Phi) is 4.38. The zero-order valence-corrected chi connectivity index (χ0v) is 13.2. The number of hydrogen-bond donors (Lipinski definition) is 1. The second-order valence-electron chi connectivity index (χ2n) is 4.91. The minimum atomic E-state index is -0.597. The monoisotopic (exact) mass is 330 g/mol. The molecular weight excluding hydrogens is 316 g/mol. The average molecular weight is 330 g/mol. The van der Waals surface area contributed by atoms with Crippen LogP contribution in [0.4, 0.5) is 4.79 Å². The molecule has 23 heavy (non-hydrogen) atoms. The van der Waals surface area contributed by atoms with Crippen molar-refractivity contribution in [2.24, 2.45) is 0 Å². The van der Waals surface area contributed by atoms with Crippen LogP contribution in [0.3, 0.4) is 0 Å². The van der Waals surface area contributed by atoms with Gasteiger partial charge in [-0.15, -0.1) is 11.3 Å². The molecule has 0 saturated carbocycles. The van der Waals surface area contributed by atoms with Crippen molar-refractivity contribution in [2.45, 2.75) is 20.1 Å². The number of fused-ring (bicyclic) bond motifs is 1. The molecule has 0 aliphatic heterocycles. The number of carbonyl (C=O) groups excluding carboxylic acids is 1. The summed E-state index contributed by atoms with van der Waals surface area (Å²) in [6.45, 7) is 2.00. The molecule has 3 rings (SSSR count). The Balaban J connectivity index is 1.60.